The molecule has 0 amide bonds. The maximum atomic E-state index is 14.0. The summed E-state index contributed by atoms with van der Waals surface area (Å²) in [4.78, 5) is 2.10. The number of benzene rings is 1. The van der Waals surface area contributed by atoms with Gasteiger partial charge in [0.05, 0.1) is 5.69 Å². The van der Waals surface area contributed by atoms with E-state index in [1.54, 1.807) is 12.1 Å². The number of hydrogen-bond donors (Lipinski definition) is 2. The zero-order chi connectivity index (χ0) is 13.7. The van der Waals surface area contributed by atoms with Crippen LogP contribution in [0, 0.1) is 5.82 Å². The number of aliphatic hydroxyl groups is 1. The molecule has 0 unspecified atom stereocenters. The third-order valence-corrected chi connectivity index (χ3v) is 2.96. The number of anilines is 1. The molecule has 0 aliphatic heterocycles. The Kier molecular flexibility index (Phi) is 5.50. The minimum atomic E-state index is -0.341. The second-order valence-corrected chi connectivity index (χ2v) is 4.83. The third kappa shape index (κ3) is 3.65. The van der Waals surface area contributed by atoms with Crippen LogP contribution in [-0.4, -0.2) is 29.3 Å². The van der Waals surface area contributed by atoms with Gasteiger partial charge in [0, 0.05) is 24.8 Å². The number of nitrogens with zero attached hydrogens (tertiary/aromatic N) is 1. The van der Waals surface area contributed by atoms with Crippen LogP contribution in [0.15, 0.2) is 18.2 Å². The fourth-order valence-electron chi connectivity index (χ4n) is 1.79. The summed E-state index contributed by atoms with van der Waals surface area (Å²) in [5.41, 5.74) is 6.50. The van der Waals surface area contributed by atoms with E-state index in [2.05, 4.69) is 0 Å². The van der Waals surface area contributed by atoms with Gasteiger partial charge in [0.25, 0.3) is 0 Å². The lowest BCUT2D eigenvalue weighted by atomic mass is 10.1. The molecule has 0 heterocycles. The van der Waals surface area contributed by atoms with Gasteiger partial charge in [-0.2, -0.15) is 0 Å². The maximum Gasteiger partial charge on any atom is 0.147 e. The Bertz CT molecular complexity index is 423. The van der Waals surface area contributed by atoms with Crippen molar-refractivity contribution in [2.24, 2.45) is 5.73 Å². The van der Waals surface area contributed by atoms with Crippen molar-refractivity contribution in [3.05, 3.63) is 29.6 Å². The molecular weight excluding hydrogens is 251 g/mol. The van der Waals surface area contributed by atoms with Crippen molar-refractivity contribution in [3.8, 4) is 0 Å². The van der Waals surface area contributed by atoms with Crippen molar-refractivity contribution in [1.82, 2.24) is 0 Å². The molecule has 0 aromatic heterocycles. The van der Waals surface area contributed by atoms with Crippen LogP contribution in [-0.2, 0) is 0 Å². The molecule has 0 fully saturated rings. The molecule has 1 aromatic rings. The van der Waals surface area contributed by atoms with Crippen LogP contribution >= 0.6 is 12.2 Å². The van der Waals surface area contributed by atoms with Gasteiger partial charge >= 0.3 is 0 Å². The Morgan fingerprint density at radius 3 is 2.61 bits per heavy atom. The van der Waals surface area contributed by atoms with Gasteiger partial charge in [0.15, 0.2) is 0 Å². The molecule has 18 heavy (non-hydrogen) atoms. The Morgan fingerprint density at radius 2 is 2.17 bits per heavy atom. The van der Waals surface area contributed by atoms with Crippen molar-refractivity contribution in [2.45, 2.75) is 26.3 Å². The minimum Gasteiger partial charge on any atom is -0.396 e. The average molecular weight is 270 g/mol. The molecule has 0 spiro atoms. The van der Waals surface area contributed by atoms with E-state index >= 15 is 0 Å². The second kappa shape index (κ2) is 6.66. The monoisotopic (exact) mass is 270 g/mol. The summed E-state index contributed by atoms with van der Waals surface area (Å²) < 4.78 is 14.0. The molecule has 0 aliphatic carbocycles. The predicted octanol–water partition coefficient (Wildman–Crippen LogP) is 2.06. The van der Waals surface area contributed by atoms with Gasteiger partial charge in [-0.25, -0.2) is 4.39 Å². The number of halogens is 1. The summed E-state index contributed by atoms with van der Waals surface area (Å²) in [6, 6.07) is 4.91. The standard InChI is InChI=1S/C13H19FN2OS/c1-9(2)16(6-3-7-17)12-5-4-10(13(15)18)8-11(12)14/h4-5,8-9,17H,3,6-7H2,1-2H3,(H2,15,18). The van der Waals surface area contributed by atoms with Gasteiger partial charge in [0.1, 0.15) is 10.8 Å². The van der Waals surface area contributed by atoms with Crippen LogP contribution in [0.1, 0.15) is 25.8 Å². The van der Waals surface area contributed by atoms with Gasteiger partial charge < -0.3 is 15.7 Å². The van der Waals surface area contributed by atoms with Crippen LogP contribution in [0.4, 0.5) is 10.1 Å². The largest absolute Gasteiger partial charge is 0.396 e. The van der Waals surface area contributed by atoms with E-state index in [1.807, 2.05) is 18.7 Å². The average Bonchev–Trinajstić information content (AvgIpc) is 2.30. The summed E-state index contributed by atoms with van der Waals surface area (Å²) in [6.07, 6.45) is 0.606. The van der Waals surface area contributed by atoms with E-state index in [0.717, 1.165) is 0 Å². The lowest BCUT2D eigenvalue weighted by Gasteiger charge is -2.29. The van der Waals surface area contributed by atoms with Crippen molar-refractivity contribution in [1.29, 1.82) is 0 Å². The quantitative estimate of drug-likeness (QED) is 0.777. The highest BCUT2D eigenvalue weighted by molar-refractivity contribution is 7.80. The topological polar surface area (TPSA) is 49.5 Å². The third-order valence-electron chi connectivity index (χ3n) is 2.72. The molecule has 0 bridgehead atoms. The lowest BCUT2D eigenvalue weighted by molar-refractivity contribution is 0.288. The molecule has 5 heteroatoms. The van der Waals surface area contributed by atoms with Gasteiger partial charge in [-0.15, -0.1) is 0 Å². The Hall–Kier alpha value is -1.20. The molecule has 0 radical (unpaired) electrons. The number of thiocarbonyl (C=S) groups is 1. The smallest absolute Gasteiger partial charge is 0.147 e. The maximum absolute atomic E-state index is 14.0. The van der Waals surface area contributed by atoms with Crippen molar-refractivity contribution in [3.63, 3.8) is 0 Å². The fraction of sp³-hybridized carbons (Fsp3) is 0.462. The van der Waals surface area contributed by atoms with E-state index < -0.39 is 0 Å². The van der Waals surface area contributed by atoms with E-state index in [-0.39, 0.29) is 23.5 Å². The van der Waals surface area contributed by atoms with Gasteiger partial charge in [-0.3, -0.25) is 0 Å². The molecule has 3 nitrogen and oxygen atoms in total. The first-order chi connectivity index (χ1) is 8.47. The first-order valence-electron chi connectivity index (χ1n) is 5.94. The lowest BCUT2D eigenvalue weighted by Crippen LogP contribution is -2.33. The van der Waals surface area contributed by atoms with E-state index in [0.29, 0.717) is 24.2 Å². The fourth-order valence-corrected chi connectivity index (χ4v) is 1.92. The van der Waals surface area contributed by atoms with Gasteiger partial charge in [0.2, 0.25) is 0 Å². The highest BCUT2D eigenvalue weighted by Crippen LogP contribution is 2.23. The number of aliphatic hydroxyl groups excluding tert-OH is 1. The predicted molar refractivity (Wildman–Crippen MR) is 76.5 cm³/mol. The number of hydrogen-bond acceptors (Lipinski definition) is 3. The molecule has 0 saturated carbocycles. The molecule has 1 aromatic carbocycles. The molecule has 3 N–H and O–H groups in total. The van der Waals surface area contributed by atoms with Crippen molar-refractivity contribution in [2.75, 3.05) is 18.1 Å². The highest BCUT2D eigenvalue weighted by atomic mass is 32.1. The molecular formula is C13H19FN2OS. The Balaban J connectivity index is 3.01. The van der Waals surface area contributed by atoms with Crippen LogP contribution < -0.4 is 10.6 Å². The SMILES string of the molecule is CC(C)N(CCCO)c1ccc(C(N)=S)cc1F. The van der Waals surface area contributed by atoms with E-state index in [9.17, 15) is 4.39 Å². The van der Waals surface area contributed by atoms with Crippen LogP contribution in [0.25, 0.3) is 0 Å². The van der Waals surface area contributed by atoms with Gasteiger partial charge in [-0.05, 0) is 38.5 Å². The molecule has 0 atom stereocenters. The highest BCUT2D eigenvalue weighted by Gasteiger charge is 2.15. The summed E-state index contributed by atoms with van der Waals surface area (Å²) >= 11 is 4.82. The second-order valence-electron chi connectivity index (χ2n) is 4.39. The molecule has 0 saturated heterocycles. The first-order valence-corrected chi connectivity index (χ1v) is 6.35. The molecule has 100 valence electrons. The van der Waals surface area contributed by atoms with Crippen molar-refractivity contribution < 1.29 is 9.50 Å². The van der Waals surface area contributed by atoms with Crippen LogP contribution in [0.5, 0.6) is 0 Å². The zero-order valence-electron chi connectivity index (χ0n) is 10.7. The Morgan fingerprint density at radius 1 is 1.50 bits per heavy atom. The van der Waals surface area contributed by atoms with Gasteiger partial charge in [-0.1, -0.05) is 12.2 Å². The zero-order valence-corrected chi connectivity index (χ0v) is 11.5. The number of rotatable bonds is 6. The summed E-state index contributed by atoms with van der Waals surface area (Å²) in [7, 11) is 0. The first kappa shape index (κ1) is 14.9. The summed E-state index contributed by atoms with van der Waals surface area (Å²) in [5, 5.41) is 8.88. The molecule has 0 aliphatic rings. The van der Waals surface area contributed by atoms with Crippen molar-refractivity contribution >= 4 is 22.9 Å². The molecule has 1 rings (SSSR count). The van der Waals surface area contributed by atoms with E-state index in [4.69, 9.17) is 23.1 Å². The summed E-state index contributed by atoms with van der Waals surface area (Å²) in [6.45, 7) is 4.67. The number of nitrogens with two attached hydrogens (primary N) is 1. The Labute approximate surface area is 112 Å². The van der Waals surface area contributed by atoms with Crippen LogP contribution in [0.2, 0.25) is 0 Å². The normalized spacial score (nSPS) is 10.7. The van der Waals surface area contributed by atoms with E-state index in [1.165, 1.54) is 6.07 Å². The van der Waals surface area contributed by atoms with Crippen LogP contribution in [0.3, 0.4) is 0 Å². The minimum absolute atomic E-state index is 0.0931. The summed E-state index contributed by atoms with van der Waals surface area (Å²) in [5.74, 6) is -0.341.